The minimum absolute atomic E-state index is 0.122. The number of rotatable bonds is 4. The molecule has 3 rings (SSSR count). The Morgan fingerprint density at radius 2 is 1.75 bits per heavy atom. The first-order valence-electron chi connectivity index (χ1n) is 7.74. The van der Waals surface area contributed by atoms with E-state index in [0.717, 1.165) is 16.8 Å². The van der Waals surface area contributed by atoms with Gasteiger partial charge in [0.05, 0.1) is 0 Å². The zero-order valence-corrected chi connectivity index (χ0v) is 14.0. The lowest BCUT2D eigenvalue weighted by atomic mass is 10.2. The van der Waals surface area contributed by atoms with Crippen molar-refractivity contribution in [3.63, 3.8) is 0 Å². The molecule has 5 heteroatoms. The van der Waals surface area contributed by atoms with E-state index in [2.05, 4.69) is 4.98 Å². The van der Waals surface area contributed by atoms with E-state index in [1.807, 2.05) is 43.3 Å². The van der Waals surface area contributed by atoms with Crippen LogP contribution in [0.1, 0.15) is 16.1 Å². The van der Waals surface area contributed by atoms with Crippen molar-refractivity contribution in [3.8, 4) is 0 Å². The summed E-state index contributed by atoms with van der Waals surface area (Å²) in [6, 6.07) is 14.2. The number of nitrogens with one attached hydrogen (secondary N) is 1. The fourth-order valence-corrected chi connectivity index (χ4v) is 2.67. The summed E-state index contributed by atoms with van der Waals surface area (Å²) in [7, 11) is 5.74. The van der Waals surface area contributed by atoms with Gasteiger partial charge >= 0.3 is 0 Å². The Morgan fingerprint density at radius 1 is 1.04 bits per heavy atom. The Morgan fingerprint density at radius 3 is 2.42 bits per heavy atom. The maximum Gasteiger partial charge on any atom is 0.270 e. The van der Waals surface area contributed by atoms with Gasteiger partial charge in [0.1, 0.15) is 11.5 Å². The number of fused-ring (bicyclic) bond motifs is 1. The van der Waals surface area contributed by atoms with Gasteiger partial charge in [0.25, 0.3) is 5.91 Å². The SMILES string of the molecule is CN(Cc1ccc(N(C)C)cc1)C(=O)c1cc2cc(F)ccc2[nH]1. The molecule has 0 aliphatic carbocycles. The van der Waals surface area contributed by atoms with Crippen LogP contribution in [0.2, 0.25) is 0 Å². The average Bonchev–Trinajstić information content (AvgIpc) is 2.97. The van der Waals surface area contributed by atoms with Crippen molar-refractivity contribution in [3.05, 3.63) is 65.6 Å². The quantitative estimate of drug-likeness (QED) is 0.795. The van der Waals surface area contributed by atoms with Gasteiger partial charge in [-0.15, -0.1) is 0 Å². The average molecular weight is 325 g/mol. The van der Waals surface area contributed by atoms with Crippen LogP contribution < -0.4 is 4.90 Å². The molecule has 0 saturated carbocycles. The van der Waals surface area contributed by atoms with Crippen LogP contribution in [0.15, 0.2) is 48.5 Å². The highest BCUT2D eigenvalue weighted by Gasteiger charge is 2.15. The van der Waals surface area contributed by atoms with Gasteiger partial charge in [-0.3, -0.25) is 4.79 Å². The zero-order valence-electron chi connectivity index (χ0n) is 14.0. The first kappa shape index (κ1) is 16.1. The Labute approximate surface area is 140 Å². The third-order valence-corrected chi connectivity index (χ3v) is 4.03. The zero-order chi connectivity index (χ0) is 17.3. The molecular formula is C19H20FN3O. The van der Waals surface area contributed by atoms with Crippen molar-refractivity contribution in [2.45, 2.75) is 6.54 Å². The summed E-state index contributed by atoms with van der Waals surface area (Å²) in [5.74, 6) is -0.432. The highest BCUT2D eigenvalue weighted by Crippen LogP contribution is 2.19. The molecule has 1 aromatic heterocycles. The number of hydrogen-bond donors (Lipinski definition) is 1. The van der Waals surface area contributed by atoms with Crippen molar-refractivity contribution in [1.82, 2.24) is 9.88 Å². The van der Waals surface area contributed by atoms with Crippen LogP contribution in [0, 0.1) is 5.82 Å². The molecule has 0 aliphatic heterocycles. The maximum absolute atomic E-state index is 13.3. The van der Waals surface area contributed by atoms with Crippen LogP contribution in [-0.2, 0) is 6.54 Å². The number of aromatic nitrogens is 1. The molecule has 4 nitrogen and oxygen atoms in total. The molecule has 1 heterocycles. The number of benzene rings is 2. The number of aromatic amines is 1. The first-order chi connectivity index (χ1) is 11.4. The van der Waals surface area contributed by atoms with Crippen LogP contribution in [0.3, 0.4) is 0 Å². The maximum atomic E-state index is 13.3. The number of halogens is 1. The molecule has 124 valence electrons. The Bertz CT molecular complexity index is 868. The fourth-order valence-electron chi connectivity index (χ4n) is 2.67. The topological polar surface area (TPSA) is 39.3 Å². The molecule has 0 atom stereocenters. The Hall–Kier alpha value is -2.82. The second-order valence-corrected chi connectivity index (χ2v) is 6.14. The molecule has 0 aliphatic rings. The van der Waals surface area contributed by atoms with Crippen LogP contribution in [-0.4, -0.2) is 36.9 Å². The van der Waals surface area contributed by atoms with Crippen molar-refractivity contribution < 1.29 is 9.18 Å². The summed E-state index contributed by atoms with van der Waals surface area (Å²) in [6.07, 6.45) is 0. The number of carbonyl (C=O) groups excluding carboxylic acids is 1. The monoisotopic (exact) mass is 325 g/mol. The molecule has 0 spiro atoms. The van der Waals surface area contributed by atoms with Crippen LogP contribution in [0.4, 0.5) is 10.1 Å². The molecule has 0 unspecified atom stereocenters. The normalized spacial score (nSPS) is 10.8. The molecule has 2 aromatic carbocycles. The highest BCUT2D eigenvalue weighted by molar-refractivity contribution is 5.97. The molecular weight excluding hydrogens is 305 g/mol. The minimum Gasteiger partial charge on any atom is -0.378 e. The number of amides is 1. The largest absolute Gasteiger partial charge is 0.378 e. The second-order valence-electron chi connectivity index (χ2n) is 6.14. The summed E-state index contributed by atoms with van der Waals surface area (Å²) in [6.45, 7) is 0.510. The lowest BCUT2D eigenvalue weighted by Crippen LogP contribution is -2.26. The molecule has 0 bridgehead atoms. The van der Waals surface area contributed by atoms with Crippen molar-refractivity contribution >= 4 is 22.5 Å². The van der Waals surface area contributed by atoms with E-state index in [1.54, 1.807) is 24.1 Å². The summed E-state index contributed by atoms with van der Waals surface area (Å²) in [4.78, 5) is 19.3. The van der Waals surface area contributed by atoms with Gasteiger partial charge in [-0.05, 0) is 42.0 Å². The van der Waals surface area contributed by atoms with Gasteiger partial charge < -0.3 is 14.8 Å². The smallest absolute Gasteiger partial charge is 0.270 e. The summed E-state index contributed by atoms with van der Waals surface area (Å²) in [5.41, 5.74) is 3.38. The number of hydrogen-bond acceptors (Lipinski definition) is 2. The molecule has 1 N–H and O–H groups in total. The second kappa shape index (κ2) is 6.35. The van der Waals surface area contributed by atoms with Crippen molar-refractivity contribution in [2.24, 2.45) is 0 Å². The van der Waals surface area contributed by atoms with E-state index >= 15 is 0 Å². The van der Waals surface area contributed by atoms with Crippen molar-refractivity contribution in [1.29, 1.82) is 0 Å². The van der Waals surface area contributed by atoms with Crippen molar-refractivity contribution in [2.75, 3.05) is 26.0 Å². The van der Waals surface area contributed by atoms with Gasteiger partial charge in [0.15, 0.2) is 0 Å². The number of nitrogens with zero attached hydrogens (tertiary/aromatic N) is 2. The Balaban J connectivity index is 1.75. The first-order valence-corrected chi connectivity index (χ1v) is 7.74. The van der Waals surface area contributed by atoms with Gasteiger partial charge in [-0.25, -0.2) is 4.39 Å². The molecule has 1 amide bonds. The number of H-pyrrole nitrogens is 1. The highest BCUT2D eigenvalue weighted by atomic mass is 19.1. The van der Waals surface area contributed by atoms with Gasteiger partial charge in [-0.2, -0.15) is 0 Å². The molecule has 0 saturated heterocycles. The van der Waals surface area contributed by atoms with E-state index in [-0.39, 0.29) is 11.7 Å². The Kier molecular flexibility index (Phi) is 4.25. The minimum atomic E-state index is -0.310. The van der Waals surface area contributed by atoms with E-state index in [4.69, 9.17) is 0 Å². The third kappa shape index (κ3) is 3.25. The number of carbonyl (C=O) groups is 1. The van der Waals surface area contributed by atoms with Gasteiger partial charge in [0.2, 0.25) is 0 Å². The lowest BCUT2D eigenvalue weighted by molar-refractivity contribution is 0.0780. The molecule has 24 heavy (non-hydrogen) atoms. The molecule has 0 radical (unpaired) electrons. The standard InChI is InChI=1S/C19H20FN3O/c1-22(2)16-7-4-13(5-8-16)12-23(3)19(24)18-11-14-10-15(20)6-9-17(14)21-18/h4-11,21H,12H2,1-3H3. The van der Waals surface area contributed by atoms with Crippen LogP contribution in [0.25, 0.3) is 10.9 Å². The molecule has 3 aromatic rings. The van der Waals surface area contributed by atoms with E-state index < -0.39 is 0 Å². The van der Waals surface area contributed by atoms with Gasteiger partial charge in [0, 0.05) is 44.3 Å². The third-order valence-electron chi connectivity index (χ3n) is 4.03. The predicted molar refractivity (Wildman–Crippen MR) is 94.8 cm³/mol. The number of anilines is 1. The summed E-state index contributed by atoms with van der Waals surface area (Å²) >= 11 is 0. The fraction of sp³-hybridized carbons (Fsp3) is 0.211. The summed E-state index contributed by atoms with van der Waals surface area (Å²) < 4.78 is 13.3. The van der Waals surface area contributed by atoms with E-state index in [1.165, 1.54) is 12.1 Å². The van der Waals surface area contributed by atoms with E-state index in [0.29, 0.717) is 17.6 Å². The van der Waals surface area contributed by atoms with Crippen LogP contribution in [0.5, 0.6) is 0 Å². The van der Waals surface area contributed by atoms with Crippen LogP contribution >= 0.6 is 0 Å². The predicted octanol–water partition coefficient (Wildman–Crippen LogP) is 3.65. The summed E-state index contributed by atoms with van der Waals surface area (Å²) in [5, 5.41) is 0.696. The van der Waals surface area contributed by atoms with E-state index in [9.17, 15) is 9.18 Å². The van der Waals surface area contributed by atoms with Gasteiger partial charge in [-0.1, -0.05) is 12.1 Å². The lowest BCUT2D eigenvalue weighted by Gasteiger charge is -2.18. The molecule has 0 fully saturated rings.